The summed E-state index contributed by atoms with van der Waals surface area (Å²) in [4.78, 5) is 26.0. The second-order valence-corrected chi connectivity index (χ2v) is 7.44. The quantitative estimate of drug-likeness (QED) is 0.395. The summed E-state index contributed by atoms with van der Waals surface area (Å²) in [6.45, 7) is 1.25. The second kappa shape index (κ2) is 10.3. The number of nitrogens with one attached hydrogen (secondary N) is 2. The molecular weight excluding hydrogens is 392 g/mol. The Morgan fingerprint density at radius 1 is 1.17 bits per heavy atom. The summed E-state index contributed by atoms with van der Waals surface area (Å²) < 4.78 is 4.81. The first-order valence-electron chi connectivity index (χ1n) is 9.75. The van der Waals surface area contributed by atoms with Crippen LogP contribution in [0.4, 0.5) is 4.79 Å². The number of carbonyl (C=O) groups excluding carboxylic acids is 2. The van der Waals surface area contributed by atoms with Gasteiger partial charge < -0.3 is 20.7 Å². The Balaban J connectivity index is 0.00000300. The minimum atomic E-state index is -0.144. The number of carbonyl (C=O) groups is 2. The van der Waals surface area contributed by atoms with Crippen molar-refractivity contribution in [1.82, 2.24) is 10.2 Å². The van der Waals surface area contributed by atoms with Crippen LogP contribution < -0.4 is 11.1 Å². The molecule has 2 amide bonds. The van der Waals surface area contributed by atoms with E-state index in [1.54, 1.807) is 0 Å². The summed E-state index contributed by atoms with van der Waals surface area (Å²) in [5.74, 6) is -0.115. The van der Waals surface area contributed by atoms with Crippen LogP contribution >= 0.6 is 12.4 Å². The molecule has 1 saturated carbocycles. The van der Waals surface area contributed by atoms with E-state index in [2.05, 4.69) is 11.4 Å². The molecule has 1 fully saturated rings. The van der Waals surface area contributed by atoms with Crippen LogP contribution in [0.15, 0.2) is 30.3 Å². The number of ether oxygens (including phenoxy) is 1. The number of hydrogen-bond donors (Lipinski definition) is 3. The van der Waals surface area contributed by atoms with Crippen LogP contribution in [0.1, 0.15) is 43.2 Å². The number of hydrogen-bond acceptors (Lipinski definition) is 4. The van der Waals surface area contributed by atoms with Crippen molar-refractivity contribution in [2.45, 2.75) is 38.1 Å². The molecule has 1 aromatic rings. The Bertz CT molecular complexity index is 771. The zero-order valence-electron chi connectivity index (χ0n) is 16.6. The molecule has 0 radical (unpaired) electrons. The number of amides is 2. The zero-order valence-corrected chi connectivity index (χ0v) is 17.5. The van der Waals surface area contributed by atoms with Crippen LogP contribution in [-0.4, -0.2) is 49.0 Å². The number of rotatable bonds is 4. The van der Waals surface area contributed by atoms with Crippen LogP contribution in [-0.2, 0) is 9.53 Å². The molecule has 29 heavy (non-hydrogen) atoms. The SMILES string of the molecule is COC(=O)C1CCC(NC(=O)N2CC=C(c3ccc(C(=N)N)cc3)CC2)CC1.Cl. The molecule has 1 aliphatic carbocycles. The van der Waals surface area contributed by atoms with E-state index in [1.165, 1.54) is 12.7 Å². The van der Waals surface area contributed by atoms with Crippen molar-refractivity contribution in [3.05, 3.63) is 41.5 Å². The van der Waals surface area contributed by atoms with Crippen molar-refractivity contribution in [2.24, 2.45) is 11.7 Å². The molecule has 0 aromatic heterocycles. The van der Waals surface area contributed by atoms with Gasteiger partial charge in [0.05, 0.1) is 13.0 Å². The number of nitrogen functional groups attached to an aromatic ring is 1. The monoisotopic (exact) mass is 420 g/mol. The summed E-state index contributed by atoms with van der Waals surface area (Å²) in [7, 11) is 1.42. The maximum absolute atomic E-state index is 12.6. The Kier molecular flexibility index (Phi) is 8.08. The van der Waals surface area contributed by atoms with Crippen molar-refractivity contribution < 1.29 is 14.3 Å². The maximum Gasteiger partial charge on any atom is 0.317 e. The lowest BCUT2D eigenvalue weighted by atomic mass is 9.86. The highest BCUT2D eigenvalue weighted by Crippen LogP contribution is 2.26. The Morgan fingerprint density at radius 2 is 1.83 bits per heavy atom. The molecule has 8 heteroatoms. The number of esters is 1. The molecule has 2 aliphatic rings. The largest absolute Gasteiger partial charge is 0.469 e. The normalized spacial score (nSPS) is 21.4. The first-order valence-corrected chi connectivity index (χ1v) is 9.75. The van der Waals surface area contributed by atoms with E-state index in [9.17, 15) is 9.59 Å². The van der Waals surface area contributed by atoms with E-state index in [1.807, 2.05) is 29.2 Å². The van der Waals surface area contributed by atoms with Gasteiger partial charge in [-0.15, -0.1) is 12.4 Å². The topological polar surface area (TPSA) is 109 Å². The van der Waals surface area contributed by atoms with E-state index in [0.717, 1.165) is 37.7 Å². The lowest BCUT2D eigenvalue weighted by molar-refractivity contribution is -0.146. The minimum absolute atomic E-state index is 0. The smallest absolute Gasteiger partial charge is 0.317 e. The first-order chi connectivity index (χ1) is 13.5. The van der Waals surface area contributed by atoms with Crippen molar-refractivity contribution >= 4 is 35.8 Å². The maximum atomic E-state index is 12.6. The molecule has 3 rings (SSSR count). The number of methoxy groups -OCH3 is 1. The number of nitrogens with two attached hydrogens (primary N) is 1. The third-order valence-corrected chi connectivity index (χ3v) is 5.65. The Hall–Kier alpha value is -2.54. The molecule has 0 spiro atoms. The van der Waals surface area contributed by atoms with Gasteiger partial charge >= 0.3 is 12.0 Å². The molecule has 0 atom stereocenters. The van der Waals surface area contributed by atoms with Gasteiger partial charge in [0.2, 0.25) is 0 Å². The van der Waals surface area contributed by atoms with Crippen molar-refractivity contribution in [1.29, 1.82) is 5.41 Å². The molecular formula is C21H29ClN4O3. The summed E-state index contributed by atoms with van der Waals surface area (Å²) in [5, 5.41) is 10.6. The molecule has 1 aliphatic heterocycles. The van der Waals surface area contributed by atoms with Crippen LogP contribution in [0.5, 0.6) is 0 Å². The second-order valence-electron chi connectivity index (χ2n) is 7.44. The fourth-order valence-electron chi connectivity index (χ4n) is 3.89. The van der Waals surface area contributed by atoms with Crippen molar-refractivity contribution in [3.8, 4) is 0 Å². The standard InChI is InChI=1S/C21H28N4O3.ClH/c1-28-20(26)17-6-8-18(9-7-17)24-21(27)25-12-10-15(11-13-25)14-2-4-16(5-3-14)19(22)23;/h2-5,10,17-18H,6-9,11-13H2,1H3,(H3,22,23)(H,24,27);1H. The average molecular weight is 421 g/mol. The van der Waals surface area contributed by atoms with Gasteiger partial charge in [0.1, 0.15) is 5.84 Å². The van der Waals surface area contributed by atoms with E-state index in [-0.39, 0.29) is 42.2 Å². The predicted molar refractivity (Wildman–Crippen MR) is 115 cm³/mol. The molecule has 0 unspecified atom stereocenters. The van der Waals surface area contributed by atoms with Gasteiger partial charge in [-0.1, -0.05) is 30.3 Å². The third kappa shape index (κ3) is 5.73. The van der Waals surface area contributed by atoms with Crippen molar-refractivity contribution in [2.75, 3.05) is 20.2 Å². The Labute approximate surface area is 177 Å². The lowest BCUT2D eigenvalue weighted by Gasteiger charge is -2.32. The summed E-state index contributed by atoms with van der Waals surface area (Å²) in [6.07, 6.45) is 6.02. The summed E-state index contributed by atoms with van der Waals surface area (Å²) in [6, 6.07) is 7.72. The van der Waals surface area contributed by atoms with E-state index < -0.39 is 0 Å². The van der Waals surface area contributed by atoms with E-state index in [0.29, 0.717) is 18.7 Å². The highest BCUT2D eigenvalue weighted by atomic mass is 35.5. The highest BCUT2D eigenvalue weighted by Gasteiger charge is 2.28. The number of halogens is 1. The van der Waals surface area contributed by atoms with Gasteiger partial charge in [-0.25, -0.2) is 4.79 Å². The van der Waals surface area contributed by atoms with E-state index >= 15 is 0 Å². The first kappa shape index (κ1) is 22.7. The molecule has 7 nitrogen and oxygen atoms in total. The number of nitrogens with zero attached hydrogens (tertiary/aromatic N) is 1. The third-order valence-electron chi connectivity index (χ3n) is 5.65. The summed E-state index contributed by atoms with van der Waals surface area (Å²) in [5.41, 5.74) is 8.52. The number of amidine groups is 1. The lowest BCUT2D eigenvalue weighted by Crippen LogP contribution is -2.47. The Morgan fingerprint density at radius 3 is 2.34 bits per heavy atom. The predicted octanol–water partition coefficient (Wildman–Crippen LogP) is 2.92. The van der Waals surface area contributed by atoms with Crippen molar-refractivity contribution in [3.63, 3.8) is 0 Å². The van der Waals surface area contributed by atoms with Gasteiger partial charge in [-0.05, 0) is 43.2 Å². The summed E-state index contributed by atoms with van der Waals surface area (Å²) >= 11 is 0. The number of urea groups is 1. The molecule has 0 bridgehead atoms. The van der Waals surface area contributed by atoms with Gasteiger partial charge in [0.25, 0.3) is 0 Å². The fourth-order valence-corrected chi connectivity index (χ4v) is 3.89. The van der Waals surface area contributed by atoms with Crippen LogP contribution in [0, 0.1) is 11.3 Å². The van der Waals surface area contributed by atoms with E-state index in [4.69, 9.17) is 15.9 Å². The number of benzene rings is 1. The molecule has 0 saturated heterocycles. The molecule has 4 N–H and O–H groups in total. The average Bonchev–Trinajstić information content (AvgIpc) is 2.74. The van der Waals surface area contributed by atoms with Gasteiger partial charge in [-0.3, -0.25) is 10.2 Å². The van der Waals surface area contributed by atoms with Gasteiger partial charge in [0, 0.05) is 24.7 Å². The fraction of sp³-hybridized carbons (Fsp3) is 0.476. The molecule has 1 aromatic carbocycles. The minimum Gasteiger partial charge on any atom is -0.469 e. The van der Waals surface area contributed by atoms with Crippen LogP contribution in [0.3, 0.4) is 0 Å². The zero-order chi connectivity index (χ0) is 20.1. The molecule has 158 valence electrons. The van der Waals surface area contributed by atoms with Crippen LogP contribution in [0.25, 0.3) is 5.57 Å². The van der Waals surface area contributed by atoms with Gasteiger partial charge in [0.15, 0.2) is 0 Å². The van der Waals surface area contributed by atoms with Gasteiger partial charge in [-0.2, -0.15) is 0 Å². The molecule has 1 heterocycles. The van der Waals surface area contributed by atoms with Crippen LogP contribution in [0.2, 0.25) is 0 Å². The highest BCUT2D eigenvalue weighted by molar-refractivity contribution is 5.95.